The monoisotopic (exact) mass is 290 g/mol. The lowest BCUT2D eigenvalue weighted by Crippen LogP contribution is -2.60. The Labute approximate surface area is 128 Å². The molecule has 4 aliphatic carbocycles. The summed E-state index contributed by atoms with van der Waals surface area (Å²) in [5.74, 6) is 2.04. The molecule has 0 spiro atoms. The molecule has 1 aliphatic heterocycles. The molecule has 1 saturated heterocycles. The summed E-state index contributed by atoms with van der Waals surface area (Å²) in [5, 5.41) is 6.95. The highest BCUT2D eigenvalue weighted by atomic mass is 16.2. The Hall–Kier alpha value is -0.570. The maximum Gasteiger partial charge on any atom is 0.226 e. The van der Waals surface area contributed by atoms with Gasteiger partial charge in [0.1, 0.15) is 0 Å². The van der Waals surface area contributed by atoms with Gasteiger partial charge in [0, 0.05) is 12.1 Å². The van der Waals surface area contributed by atoms with E-state index in [4.69, 9.17) is 0 Å². The Morgan fingerprint density at radius 2 is 1.90 bits per heavy atom. The fourth-order valence-electron chi connectivity index (χ4n) is 6.55. The van der Waals surface area contributed by atoms with Crippen molar-refractivity contribution in [2.45, 2.75) is 77.3 Å². The lowest BCUT2D eigenvalue weighted by molar-refractivity contribution is -0.156. The molecule has 2 N–H and O–H groups in total. The molecule has 5 fully saturated rings. The third-order valence-electron chi connectivity index (χ3n) is 6.91. The zero-order valence-corrected chi connectivity index (χ0v) is 13.6. The standard InChI is InChI=1S/C18H30N2O/c1-12-15(4-3-5-19-12)20-16(21)18-9-13-6-14(10-18)8-17(2,7-13)11-18/h12-15,19H,3-11H2,1-2H3,(H,20,21). The Morgan fingerprint density at radius 3 is 2.52 bits per heavy atom. The van der Waals surface area contributed by atoms with E-state index in [0.29, 0.717) is 23.4 Å². The van der Waals surface area contributed by atoms with E-state index in [0.717, 1.165) is 31.2 Å². The van der Waals surface area contributed by atoms with Gasteiger partial charge in [-0.1, -0.05) is 6.92 Å². The number of hydrogen-bond donors (Lipinski definition) is 2. The van der Waals surface area contributed by atoms with E-state index in [2.05, 4.69) is 24.5 Å². The predicted octanol–water partition coefficient (Wildman–Crippen LogP) is 2.85. The van der Waals surface area contributed by atoms with Crippen LogP contribution in [0.3, 0.4) is 0 Å². The van der Waals surface area contributed by atoms with Crippen molar-refractivity contribution in [1.82, 2.24) is 10.6 Å². The molecular weight excluding hydrogens is 260 g/mol. The maximum atomic E-state index is 13.1. The van der Waals surface area contributed by atoms with Crippen LogP contribution in [-0.4, -0.2) is 24.5 Å². The molecule has 0 radical (unpaired) electrons. The largest absolute Gasteiger partial charge is 0.351 e. The van der Waals surface area contributed by atoms with E-state index in [-0.39, 0.29) is 5.41 Å². The van der Waals surface area contributed by atoms with Crippen LogP contribution in [0.1, 0.15) is 65.2 Å². The smallest absolute Gasteiger partial charge is 0.226 e. The molecule has 4 unspecified atom stereocenters. The lowest BCUT2D eigenvalue weighted by Gasteiger charge is -2.60. The molecule has 5 aliphatic rings. The average Bonchev–Trinajstić information content (AvgIpc) is 2.38. The van der Waals surface area contributed by atoms with Crippen molar-refractivity contribution < 1.29 is 4.79 Å². The number of rotatable bonds is 2. The van der Waals surface area contributed by atoms with E-state index >= 15 is 0 Å². The number of carbonyl (C=O) groups is 1. The molecule has 118 valence electrons. The Bertz CT molecular complexity index is 432. The number of nitrogens with one attached hydrogen (secondary N) is 2. The molecule has 21 heavy (non-hydrogen) atoms. The van der Waals surface area contributed by atoms with Crippen LogP contribution in [0.25, 0.3) is 0 Å². The zero-order chi connectivity index (χ0) is 14.7. The van der Waals surface area contributed by atoms with Gasteiger partial charge in [0.15, 0.2) is 0 Å². The molecule has 0 aromatic heterocycles. The van der Waals surface area contributed by atoms with Gasteiger partial charge in [0.05, 0.1) is 5.41 Å². The molecule has 0 aromatic rings. The van der Waals surface area contributed by atoms with Gasteiger partial charge in [0.25, 0.3) is 0 Å². The minimum Gasteiger partial charge on any atom is -0.351 e. The van der Waals surface area contributed by atoms with Gasteiger partial charge in [-0.05, 0) is 82.1 Å². The van der Waals surface area contributed by atoms with Crippen molar-refractivity contribution in [2.75, 3.05) is 6.54 Å². The first-order chi connectivity index (χ1) is 9.98. The third-order valence-corrected chi connectivity index (χ3v) is 6.91. The zero-order valence-electron chi connectivity index (χ0n) is 13.6. The molecule has 4 bridgehead atoms. The van der Waals surface area contributed by atoms with Crippen molar-refractivity contribution in [1.29, 1.82) is 0 Å². The van der Waals surface area contributed by atoms with Crippen LogP contribution in [0, 0.1) is 22.7 Å². The van der Waals surface area contributed by atoms with Crippen LogP contribution in [-0.2, 0) is 4.79 Å². The molecule has 0 aromatic carbocycles. The van der Waals surface area contributed by atoms with Gasteiger partial charge < -0.3 is 10.6 Å². The average molecular weight is 290 g/mol. The van der Waals surface area contributed by atoms with E-state index < -0.39 is 0 Å². The molecule has 3 heteroatoms. The highest BCUT2D eigenvalue weighted by molar-refractivity contribution is 5.83. The summed E-state index contributed by atoms with van der Waals surface area (Å²) >= 11 is 0. The molecule has 5 rings (SSSR count). The van der Waals surface area contributed by atoms with Gasteiger partial charge in [-0.2, -0.15) is 0 Å². The first kappa shape index (κ1) is 14.0. The van der Waals surface area contributed by atoms with E-state index in [1.54, 1.807) is 0 Å². The number of amides is 1. The topological polar surface area (TPSA) is 41.1 Å². The maximum absolute atomic E-state index is 13.1. The fraction of sp³-hybridized carbons (Fsp3) is 0.944. The first-order valence-corrected chi connectivity index (χ1v) is 9.02. The van der Waals surface area contributed by atoms with Crippen molar-refractivity contribution >= 4 is 5.91 Å². The summed E-state index contributed by atoms with van der Waals surface area (Å²) in [7, 11) is 0. The Balaban J connectivity index is 1.51. The van der Waals surface area contributed by atoms with E-state index in [1.807, 2.05) is 0 Å². The van der Waals surface area contributed by atoms with Crippen LogP contribution in [0.4, 0.5) is 0 Å². The van der Waals surface area contributed by atoms with Gasteiger partial charge >= 0.3 is 0 Å². The van der Waals surface area contributed by atoms with Gasteiger partial charge in [-0.25, -0.2) is 0 Å². The van der Waals surface area contributed by atoms with Crippen molar-refractivity contribution in [3.8, 4) is 0 Å². The van der Waals surface area contributed by atoms with E-state index in [1.165, 1.54) is 38.5 Å². The summed E-state index contributed by atoms with van der Waals surface area (Å²) in [5.41, 5.74) is 0.438. The Kier molecular flexibility index (Phi) is 3.15. The first-order valence-electron chi connectivity index (χ1n) is 9.02. The predicted molar refractivity (Wildman–Crippen MR) is 83.9 cm³/mol. The molecular formula is C18H30N2O. The summed E-state index contributed by atoms with van der Waals surface area (Å²) in [4.78, 5) is 13.1. The van der Waals surface area contributed by atoms with Crippen LogP contribution >= 0.6 is 0 Å². The summed E-state index contributed by atoms with van der Waals surface area (Å²) < 4.78 is 0. The quantitative estimate of drug-likeness (QED) is 0.821. The molecule has 1 amide bonds. The number of carbonyl (C=O) groups excluding carboxylic acids is 1. The second-order valence-electron chi connectivity index (χ2n) is 9.02. The second-order valence-corrected chi connectivity index (χ2v) is 9.02. The van der Waals surface area contributed by atoms with Gasteiger partial charge in [-0.15, -0.1) is 0 Å². The molecule has 4 saturated carbocycles. The second kappa shape index (κ2) is 4.71. The highest BCUT2D eigenvalue weighted by Crippen LogP contribution is 2.65. The lowest BCUT2D eigenvalue weighted by atomic mass is 9.44. The van der Waals surface area contributed by atoms with Crippen molar-refractivity contribution in [3.63, 3.8) is 0 Å². The minimum atomic E-state index is -0.0179. The van der Waals surface area contributed by atoms with Crippen LogP contribution in [0.15, 0.2) is 0 Å². The van der Waals surface area contributed by atoms with Gasteiger partial charge in [0.2, 0.25) is 5.91 Å². The summed E-state index contributed by atoms with van der Waals surface area (Å²) in [6, 6.07) is 0.763. The number of piperidine rings is 1. The summed E-state index contributed by atoms with van der Waals surface area (Å²) in [6.45, 7) is 5.75. The van der Waals surface area contributed by atoms with Crippen LogP contribution in [0.2, 0.25) is 0 Å². The van der Waals surface area contributed by atoms with Crippen LogP contribution in [0.5, 0.6) is 0 Å². The normalized spacial score (nSPS) is 51.9. The third kappa shape index (κ3) is 2.32. The van der Waals surface area contributed by atoms with Crippen LogP contribution < -0.4 is 10.6 Å². The highest BCUT2D eigenvalue weighted by Gasteiger charge is 2.59. The molecule has 4 atom stereocenters. The van der Waals surface area contributed by atoms with Gasteiger partial charge in [-0.3, -0.25) is 4.79 Å². The van der Waals surface area contributed by atoms with Crippen molar-refractivity contribution in [2.24, 2.45) is 22.7 Å². The minimum absolute atomic E-state index is 0.0179. The molecule has 3 nitrogen and oxygen atoms in total. The summed E-state index contributed by atoms with van der Waals surface area (Å²) in [6.07, 6.45) is 9.95. The van der Waals surface area contributed by atoms with Crippen molar-refractivity contribution in [3.05, 3.63) is 0 Å². The fourth-order valence-corrected chi connectivity index (χ4v) is 6.55. The Morgan fingerprint density at radius 1 is 1.19 bits per heavy atom. The number of hydrogen-bond acceptors (Lipinski definition) is 2. The SMILES string of the molecule is CC1NCCCC1NC(=O)C12CC3CC(CC(C)(C3)C1)C2. The van der Waals surface area contributed by atoms with E-state index in [9.17, 15) is 4.79 Å². The molecule has 1 heterocycles.